The Kier molecular flexibility index (Phi) is 2.57. The molecule has 0 fully saturated rings. The third-order valence-corrected chi connectivity index (χ3v) is 1.14. The van der Waals surface area contributed by atoms with E-state index in [9.17, 15) is 0 Å². The van der Waals surface area contributed by atoms with E-state index in [1.807, 2.05) is 0 Å². The number of nitrogens with zero attached hydrogens (tertiary/aromatic N) is 2. The van der Waals surface area contributed by atoms with Crippen molar-refractivity contribution in [2.45, 2.75) is 0 Å². The molecule has 0 aliphatic rings. The summed E-state index contributed by atoms with van der Waals surface area (Å²) < 4.78 is 0. The van der Waals surface area contributed by atoms with Crippen LogP contribution in [-0.2, 0) is 0 Å². The second kappa shape index (κ2) is 3.68. The van der Waals surface area contributed by atoms with E-state index in [1.165, 1.54) is 12.4 Å². The van der Waals surface area contributed by atoms with Crippen LogP contribution < -0.4 is 0 Å². The topological polar surface area (TPSA) is 65.7 Å². The summed E-state index contributed by atoms with van der Waals surface area (Å²) in [6.45, 7) is -0.276. The first-order valence-corrected chi connectivity index (χ1v) is 3.08. The van der Waals surface area contributed by atoms with Crippen molar-refractivity contribution in [3.63, 3.8) is 0 Å². The molecule has 0 radical (unpaired) electrons. The van der Waals surface area contributed by atoms with Crippen LogP contribution in [0.2, 0.25) is 0 Å². The highest BCUT2D eigenvalue weighted by molar-refractivity contribution is 5.82. The Hall–Kier alpha value is -1.42. The fraction of sp³-hybridized carbons (Fsp3) is 0.143. The number of hydrogen-bond acceptors (Lipinski definition) is 4. The molecule has 0 saturated carbocycles. The van der Waals surface area contributed by atoms with Crippen LogP contribution in [0.15, 0.2) is 23.5 Å². The van der Waals surface area contributed by atoms with Gasteiger partial charge in [-0.05, 0) is 6.07 Å². The van der Waals surface area contributed by atoms with Gasteiger partial charge in [0.1, 0.15) is 12.5 Å². The summed E-state index contributed by atoms with van der Waals surface area (Å²) in [5.74, 6) is 0.0599. The maximum Gasteiger partial charge on any atom is 0.142 e. The molecule has 58 valence electrons. The molecule has 0 aliphatic heterocycles. The van der Waals surface area contributed by atoms with Crippen LogP contribution >= 0.6 is 0 Å². The Labute approximate surface area is 63.9 Å². The lowest BCUT2D eigenvalue weighted by molar-refractivity contribution is 0.310. The Morgan fingerprint density at radius 2 is 2.45 bits per heavy atom. The molecule has 0 aromatic carbocycles. The predicted octanol–water partition coefficient (Wildman–Crippen LogP) is 0.156. The van der Waals surface area contributed by atoms with Crippen molar-refractivity contribution in [3.05, 3.63) is 24.0 Å². The number of pyridine rings is 1. The van der Waals surface area contributed by atoms with Crippen molar-refractivity contribution in [1.82, 2.24) is 4.98 Å². The summed E-state index contributed by atoms with van der Waals surface area (Å²) in [7, 11) is 0. The molecule has 0 bridgehead atoms. The zero-order chi connectivity index (χ0) is 8.10. The van der Waals surface area contributed by atoms with Gasteiger partial charge in [0.05, 0.1) is 6.20 Å². The Morgan fingerprint density at radius 3 is 3.09 bits per heavy atom. The van der Waals surface area contributed by atoms with Gasteiger partial charge in [-0.1, -0.05) is 0 Å². The second-order valence-electron chi connectivity index (χ2n) is 1.89. The SMILES string of the molecule is OCN=Cc1ccncc1O. The van der Waals surface area contributed by atoms with Crippen LogP contribution in [0.1, 0.15) is 5.56 Å². The fourth-order valence-electron chi connectivity index (χ4n) is 0.645. The van der Waals surface area contributed by atoms with Gasteiger partial charge in [-0.25, -0.2) is 0 Å². The van der Waals surface area contributed by atoms with Gasteiger partial charge in [0.25, 0.3) is 0 Å². The minimum Gasteiger partial charge on any atom is -0.506 e. The van der Waals surface area contributed by atoms with E-state index < -0.39 is 0 Å². The van der Waals surface area contributed by atoms with E-state index in [0.29, 0.717) is 5.56 Å². The van der Waals surface area contributed by atoms with Crippen LogP contribution in [0.5, 0.6) is 5.75 Å². The summed E-state index contributed by atoms with van der Waals surface area (Å²) in [6, 6.07) is 1.61. The predicted molar refractivity (Wildman–Crippen MR) is 40.6 cm³/mol. The molecule has 0 atom stereocenters. The molecule has 0 aliphatic carbocycles. The average Bonchev–Trinajstić information content (AvgIpc) is 2.03. The monoisotopic (exact) mass is 152 g/mol. The molecule has 0 amide bonds. The maximum absolute atomic E-state index is 9.10. The zero-order valence-electron chi connectivity index (χ0n) is 5.81. The summed E-state index contributed by atoms with van der Waals surface area (Å²) >= 11 is 0. The number of aromatic hydroxyl groups is 1. The molecule has 0 saturated heterocycles. The molecule has 2 N–H and O–H groups in total. The molecule has 1 aromatic rings. The van der Waals surface area contributed by atoms with Crippen LogP contribution in [0.4, 0.5) is 0 Å². The largest absolute Gasteiger partial charge is 0.506 e. The smallest absolute Gasteiger partial charge is 0.142 e. The number of aliphatic hydroxyl groups is 1. The van der Waals surface area contributed by atoms with Crippen molar-refractivity contribution in [2.24, 2.45) is 4.99 Å². The summed E-state index contributed by atoms with van der Waals surface area (Å²) in [5, 5.41) is 17.4. The van der Waals surface area contributed by atoms with E-state index >= 15 is 0 Å². The lowest BCUT2D eigenvalue weighted by atomic mass is 10.3. The maximum atomic E-state index is 9.10. The van der Waals surface area contributed by atoms with Gasteiger partial charge >= 0.3 is 0 Å². The number of aliphatic imine (C=N–C) groups is 1. The number of aromatic nitrogens is 1. The minimum atomic E-state index is -0.276. The average molecular weight is 152 g/mol. The van der Waals surface area contributed by atoms with Crippen LogP contribution in [0.25, 0.3) is 0 Å². The molecular weight excluding hydrogens is 144 g/mol. The lowest BCUT2D eigenvalue weighted by Gasteiger charge is -1.94. The van der Waals surface area contributed by atoms with Gasteiger partial charge in [-0.3, -0.25) is 9.98 Å². The lowest BCUT2D eigenvalue weighted by Crippen LogP contribution is -1.84. The van der Waals surface area contributed by atoms with Gasteiger partial charge in [-0.2, -0.15) is 0 Å². The van der Waals surface area contributed by atoms with Gasteiger partial charge < -0.3 is 10.2 Å². The van der Waals surface area contributed by atoms with Gasteiger partial charge in [0.15, 0.2) is 0 Å². The van der Waals surface area contributed by atoms with Crippen molar-refractivity contribution >= 4 is 6.21 Å². The zero-order valence-corrected chi connectivity index (χ0v) is 5.81. The van der Waals surface area contributed by atoms with E-state index in [0.717, 1.165) is 0 Å². The third-order valence-electron chi connectivity index (χ3n) is 1.14. The van der Waals surface area contributed by atoms with Crippen LogP contribution in [0, 0.1) is 0 Å². The highest BCUT2D eigenvalue weighted by Gasteiger charge is 1.93. The minimum absolute atomic E-state index is 0.0599. The van der Waals surface area contributed by atoms with Crippen molar-refractivity contribution < 1.29 is 10.2 Å². The molecule has 4 nitrogen and oxygen atoms in total. The number of hydrogen-bond donors (Lipinski definition) is 2. The molecule has 1 rings (SSSR count). The number of rotatable bonds is 2. The first kappa shape index (κ1) is 7.68. The molecular formula is C7H8N2O2. The second-order valence-corrected chi connectivity index (χ2v) is 1.89. The van der Waals surface area contributed by atoms with Crippen LogP contribution in [0.3, 0.4) is 0 Å². The van der Waals surface area contributed by atoms with Crippen LogP contribution in [-0.4, -0.2) is 28.1 Å². The summed E-state index contributed by atoms with van der Waals surface area (Å²) in [6.07, 6.45) is 4.24. The molecule has 0 unspecified atom stereocenters. The normalized spacial score (nSPS) is 10.6. The molecule has 1 aromatic heterocycles. The molecule has 4 heteroatoms. The van der Waals surface area contributed by atoms with E-state index in [-0.39, 0.29) is 12.5 Å². The van der Waals surface area contributed by atoms with Gasteiger partial charge in [-0.15, -0.1) is 0 Å². The fourth-order valence-corrected chi connectivity index (χ4v) is 0.645. The Balaban J connectivity index is 2.86. The quantitative estimate of drug-likeness (QED) is 0.593. The molecule has 0 spiro atoms. The highest BCUT2D eigenvalue weighted by atomic mass is 16.3. The molecule has 11 heavy (non-hydrogen) atoms. The van der Waals surface area contributed by atoms with E-state index in [1.54, 1.807) is 12.3 Å². The third kappa shape index (κ3) is 2.01. The Bertz CT molecular complexity index is 260. The van der Waals surface area contributed by atoms with Gasteiger partial charge in [0, 0.05) is 18.0 Å². The summed E-state index contributed by atoms with van der Waals surface area (Å²) in [5.41, 5.74) is 0.550. The van der Waals surface area contributed by atoms with Crippen molar-refractivity contribution in [2.75, 3.05) is 6.73 Å². The first-order valence-electron chi connectivity index (χ1n) is 3.08. The highest BCUT2D eigenvalue weighted by Crippen LogP contribution is 2.10. The standard InChI is InChI=1S/C7H8N2O2/c10-5-9-3-6-1-2-8-4-7(6)11/h1-4,10-11H,5H2. The van der Waals surface area contributed by atoms with Crippen molar-refractivity contribution in [1.29, 1.82) is 0 Å². The first-order chi connectivity index (χ1) is 5.34. The number of aliphatic hydroxyl groups excluding tert-OH is 1. The van der Waals surface area contributed by atoms with Gasteiger partial charge in [0.2, 0.25) is 0 Å². The Morgan fingerprint density at radius 1 is 1.64 bits per heavy atom. The van der Waals surface area contributed by atoms with Crippen molar-refractivity contribution in [3.8, 4) is 5.75 Å². The molecule has 1 heterocycles. The van der Waals surface area contributed by atoms with E-state index in [4.69, 9.17) is 10.2 Å². The van der Waals surface area contributed by atoms with E-state index in [2.05, 4.69) is 9.98 Å². The summed E-state index contributed by atoms with van der Waals surface area (Å²) in [4.78, 5) is 7.22.